The molecule has 0 radical (unpaired) electrons. The van der Waals surface area contributed by atoms with E-state index in [1.165, 1.54) is 38.5 Å². The van der Waals surface area contributed by atoms with Crippen molar-refractivity contribution in [1.82, 2.24) is 10.6 Å². The van der Waals surface area contributed by atoms with E-state index in [1.54, 1.807) is 0 Å². The van der Waals surface area contributed by atoms with E-state index in [1.807, 2.05) is 0 Å². The first-order valence-corrected chi connectivity index (χ1v) is 12.0. The average molecular weight is 399 g/mol. The van der Waals surface area contributed by atoms with Crippen LogP contribution >= 0.6 is 0 Å². The van der Waals surface area contributed by atoms with E-state index in [0.717, 1.165) is 77.2 Å². The van der Waals surface area contributed by atoms with E-state index < -0.39 is 0 Å². The van der Waals surface area contributed by atoms with Crippen LogP contribution in [0.25, 0.3) is 0 Å². The quantitative estimate of drug-likeness (QED) is 0.208. The normalized spacial score (nSPS) is 12.6. The number of nitrogens with two attached hydrogens (primary N) is 2. The predicted molar refractivity (Wildman–Crippen MR) is 123 cm³/mol. The molecular weight excluding hydrogens is 348 g/mol. The van der Waals surface area contributed by atoms with E-state index >= 15 is 0 Å². The smallest absolute Gasteiger partial charge is 0.149 e. The largest absolute Gasteiger partial charge is 0.330 e. The average Bonchev–Trinajstić information content (AvgIpc) is 2.67. The molecule has 0 amide bonds. The SMILES string of the molecule is CC(C)CCNCCCC[C@H](N)C(=O)CCCCCCCCCNCCCN. The highest BCUT2D eigenvalue weighted by atomic mass is 16.1. The molecule has 0 aromatic carbocycles. The monoisotopic (exact) mass is 398 g/mol. The lowest BCUT2D eigenvalue weighted by Gasteiger charge is -2.11. The highest BCUT2D eigenvalue weighted by molar-refractivity contribution is 5.83. The van der Waals surface area contributed by atoms with Crippen molar-refractivity contribution >= 4 is 5.78 Å². The molecule has 0 heterocycles. The van der Waals surface area contributed by atoms with Gasteiger partial charge in [-0.2, -0.15) is 0 Å². The zero-order valence-corrected chi connectivity index (χ0v) is 18.9. The lowest BCUT2D eigenvalue weighted by molar-refractivity contribution is -0.120. The van der Waals surface area contributed by atoms with Crippen molar-refractivity contribution < 1.29 is 4.79 Å². The summed E-state index contributed by atoms with van der Waals surface area (Å²) in [4.78, 5) is 12.1. The van der Waals surface area contributed by atoms with Crippen molar-refractivity contribution in [3.8, 4) is 0 Å². The molecular formula is C23H50N4O. The molecule has 0 rings (SSSR count). The summed E-state index contributed by atoms with van der Waals surface area (Å²) in [7, 11) is 0. The zero-order chi connectivity index (χ0) is 20.9. The van der Waals surface area contributed by atoms with E-state index in [4.69, 9.17) is 11.5 Å². The van der Waals surface area contributed by atoms with Gasteiger partial charge in [-0.25, -0.2) is 0 Å². The van der Waals surface area contributed by atoms with Crippen LogP contribution in [0.3, 0.4) is 0 Å². The maximum absolute atomic E-state index is 12.1. The van der Waals surface area contributed by atoms with Crippen LogP contribution in [0.2, 0.25) is 0 Å². The van der Waals surface area contributed by atoms with Crippen LogP contribution in [0.5, 0.6) is 0 Å². The van der Waals surface area contributed by atoms with Crippen LogP contribution in [-0.2, 0) is 4.79 Å². The maximum atomic E-state index is 12.1. The third-order valence-electron chi connectivity index (χ3n) is 5.27. The fourth-order valence-corrected chi connectivity index (χ4v) is 3.26. The first-order valence-electron chi connectivity index (χ1n) is 12.0. The third kappa shape index (κ3) is 20.2. The highest BCUT2D eigenvalue weighted by Gasteiger charge is 2.12. The summed E-state index contributed by atoms with van der Waals surface area (Å²) in [5.74, 6) is 1.02. The van der Waals surface area contributed by atoms with Gasteiger partial charge in [0.25, 0.3) is 0 Å². The van der Waals surface area contributed by atoms with Crippen molar-refractivity contribution in [1.29, 1.82) is 0 Å². The molecule has 6 N–H and O–H groups in total. The van der Waals surface area contributed by atoms with Gasteiger partial charge in [0.2, 0.25) is 0 Å². The molecule has 0 unspecified atom stereocenters. The van der Waals surface area contributed by atoms with Crippen molar-refractivity contribution in [3.05, 3.63) is 0 Å². The van der Waals surface area contributed by atoms with Gasteiger partial charge in [-0.1, -0.05) is 52.4 Å². The fourth-order valence-electron chi connectivity index (χ4n) is 3.26. The Morgan fingerprint density at radius 2 is 1.25 bits per heavy atom. The Hall–Kier alpha value is -0.490. The minimum Gasteiger partial charge on any atom is -0.330 e. The van der Waals surface area contributed by atoms with Crippen LogP contribution in [0.4, 0.5) is 0 Å². The minimum atomic E-state index is -0.248. The fraction of sp³-hybridized carbons (Fsp3) is 0.957. The van der Waals surface area contributed by atoms with Gasteiger partial charge in [0, 0.05) is 6.42 Å². The molecule has 0 saturated carbocycles. The van der Waals surface area contributed by atoms with Crippen LogP contribution in [0, 0.1) is 5.92 Å². The van der Waals surface area contributed by atoms with Gasteiger partial charge in [-0.05, 0) is 77.2 Å². The Morgan fingerprint density at radius 1 is 0.714 bits per heavy atom. The zero-order valence-electron chi connectivity index (χ0n) is 18.9. The Kier molecular flexibility index (Phi) is 20.9. The van der Waals surface area contributed by atoms with Crippen LogP contribution in [-0.4, -0.2) is 44.5 Å². The Balaban J connectivity index is 3.32. The standard InChI is InChI=1S/C23H50N4O/c1-21(2)15-20-27-18-11-9-13-22(25)23(28)14-8-6-4-3-5-7-10-17-26-19-12-16-24/h21-22,26-27H,3-20,24-25H2,1-2H3/t22-/m0/s1. The van der Waals surface area contributed by atoms with Crippen molar-refractivity contribution in [3.63, 3.8) is 0 Å². The molecule has 0 saturated heterocycles. The Bertz CT molecular complexity index is 337. The number of hydrogen-bond acceptors (Lipinski definition) is 5. The van der Waals surface area contributed by atoms with Gasteiger partial charge in [-0.3, -0.25) is 4.79 Å². The number of ketones is 1. The number of nitrogens with one attached hydrogen (secondary N) is 2. The van der Waals surface area contributed by atoms with Gasteiger partial charge in [0.05, 0.1) is 6.04 Å². The lowest BCUT2D eigenvalue weighted by Crippen LogP contribution is -2.30. The topological polar surface area (TPSA) is 93.2 Å². The summed E-state index contributed by atoms with van der Waals surface area (Å²) in [5, 5.41) is 6.88. The minimum absolute atomic E-state index is 0.248. The van der Waals surface area contributed by atoms with Crippen LogP contribution in [0.15, 0.2) is 0 Å². The van der Waals surface area contributed by atoms with Gasteiger partial charge in [-0.15, -0.1) is 0 Å². The van der Waals surface area contributed by atoms with Gasteiger partial charge in [0.15, 0.2) is 0 Å². The number of carbonyl (C=O) groups is 1. The Labute approximate surface area is 175 Å². The molecule has 168 valence electrons. The number of unbranched alkanes of at least 4 members (excludes halogenated alkanes) is 7. The first-order chi connectivity index (χ1) is 13.6. The molecule has 0 bridgehead atoms. The Morgan fingerprint density at radius 3 is 1.89 bits per heavy atom. The van der Waals surface area contributed by atoms with Crippen molar-refractivity contribution in [2.24, 2.45) is 17.4 Å². The molecule has 0 fully saturated rings. The summed E-state index contributed by atoms with van der Waals surface area (Å²) in [5.41, 5.74) is 11.5. The summed E-state index contributed by atoms with van der Waals surface area (Å²) < 4.78 is 0. The molecule has 0 aliphatic carbocycles. The van der Waals surface area contributed by atoms with E-state index in [0.29, 0.717) is 6.42 Å². The molecule has 0 aliphatic heterocycles. The summed E-state index contributed by atoms with van der Waals surface area (Å²) in [6, 6.07) is -0.248. The van der Waals surface area contributed by atoms with Gasteiger partial charge < -0.3 is 22.1 Å². The molecule has 0 aliphatic rings. The molecule has 0 aromatic rings. The predicted octanol–water partition coefficient (Wildman–Crippen LogP) is 3.75. The van der Waals surface area contributed by atoms with Crippen LogP contribution in [0.1, 0.15) is 97.3 Å². The second-order valence-electron chi connectivity index (χ2n) is 8.62. The number of carbonyl (C=O) groups excluding carboxylic acids is 1. The van der Waals surface area contributed by atoms with E-state index in [2.05, 4.69) is 24.5 Å². The molecule has 28 heavy (non-hydrogen) atoms. The van der Waals surface area contributed by atoms with Crippen molar-refractivity contribution in [2.45, 2.75) is 103 Å². The molecule has 1 atom stereocenters. The lowest BCUT2D eigenvalue weighted by atomic mass is 10.0. The summed E-state index contributed by atoms with van der Waals surface area (Å²) in [6.45, 7) is 9.55. The number of rotatable bonds is 22. The summed E-state index contributed by atoms with van der Waals surface area (Å²) >= 11 is 0. The summed E-state index contributed by atoms with van der Waals surface area (Å²) in [6.07, 6.45) is 14.5. The third-order valence-corrected chi connectivity index (χ3v) is 5.27. The maximum Gasteiger partial charge on any atom is 0.149 e. The van der Waals surface area contributed by atoms with Gasteiger partial charge in [0.1, 0.15) is 5.78 Å². The van der Waals surface area contributed by atoms with E-state index in [-0.39, 0.29) is 11.8 Å². The molecule has 5 nitrogen and oxygen atoms in total. The van der Waals surface area contributed by atoms with Gasteiger partial charge >= 0.3 is 0 Å². The van der Waals surface area contributed by atoms with E-state index in [9.17, 15) is 4.79 Å². The van der Waals surface area contributed by atoms with Crippen molar-refractivity contribution in [2.75, 3.05) is 32.7 Å². The first kappa shape index (κ1) is 27.5. The number of Topliss-reactive ketones (excluding diaryl/α,β-unsaturated/α-hetero) is 1. The second kappa shape index (κ2) is 21.2. The molecule has 0 spiro atoms. The molecule has 5 heteroatoms. The number of hydrogen-bond donors (Lipinski definition) is 4. The highest BCUT2D eigenvalue weighted by Crippen LogP contribution is 2.10. The molecule has 0 aromatic heterocycles. The second-order valence-corrected chi connectivity index (χ2v) is 8.62. The van der Waals surface area contributed by atoms with Crippen LogP contribution < -0.4 is 22.1 Å².